The molecule has 1 fully saturated rings. The van der Waals surface area contributed by atoms with Crippen molar-refractivity contribution in [2.24, 2.45) is 5.92 Å². The van der Waals surface area contributed by atoms with E-state index in [4.69, 9.17) is 0 Å². The van der Waals surface area contributed by atoms with Crippen LogP contribution in [0.3, 0.4) is 0 Å². The van der Waals surface area contributed by atoms with E-state index in [0.717, 1.165) is 55.0 Å². The number of aryl methyl sites for hydroxylation is 2. The van der Waals surface area contributed by atoms with Crippen LogP contribution in [0.25, 0.3) is 0 Å². The number of nitrogens with zero attached hydrogens (tertiary/aromatic N) is 2. The van der Waals surface area contributed by atoms with Crippen LogP contribution in [0, 0.1) is 18.7 Å². The molecule has 0 radical (unpaired) electrons. The van der Waals surface area contributed by atoms with Gasteiger partial charge in [0.25, 0.3) is 0 Å². The van der Waals surface area contributed by atoms with Gasteiger partial charge in [0.1, 0.15) is 5.82 Å². The van der Waals surface area contributed by atoms with Gasteiger partial charge in [0.05, 0.1) is 10.7 Å². The van der Waals surface area contributed by atoms with Crippen LogP contribution in [0.5, 0.6) is 0 Å². The van der Waals surface area contributed by atoms with Crippen molar-refractivity contribution in [1.29, 1.82) is 0 Å². The molecule has 1 saturated heterocycles. The van der Waals surface area contributed by atoms with Gasteiger partial charge in [0.15, 0.2) is 0 Å². The van der Waals surface area contributed by atoms with Crippen LogP contribution in [0.4, 0.5) is 4.39 Å². The molecule has 0 unspecified atom stereocenters. The van der Waals surface area contributed by atoms with E-state index < -0.39 is 0 Å². The Bertz CT molecular complexity index is 683. The first-order valence-corrected chi connectivity index (χ1v) is 9.41. The fraction of sp³-hybridized carbons (Fsp3) is 0.474. The molecule has 0 N–H and O–H groups in total. The molecule has 5 heteroatoms. The third-order valence-electron chi connectivity index (χ3n) is 4.57. The van der Waals surface area contributed by atoms with E-state index in [1.807, 2.05) is 24.0 Å². The molecule has 2 heterocycles. The van der Waals surface area contributed by atoms with Crippen molar-refractivity contribution in [2.45, 2.75) is 39.0 Å². The van der Waals surface area contributed by atoms with Crippen LogP contribution in [0.2, 0.25) is 0 Å². The molecule has 2 aromatic rings. The van der Waals surface area contributed by atoms with Gasteiger partial charge < -0.3 is 4.90 Å². The molecule has 1 aromatic carbocycles. The number of benzene rings is 1. The molecule has 0 saturated carbocycles. The van der Waals surface area contributed by atoms with Crippen LogP contribution in [-0.2, 0) is 17.6 Å². The first-order chi connectivity index (χ1) is 11.6. The lowest BCUT2D eigenvalue weighted by Crippen LogP contribution is -2.28. The number of amides is 1. The normalized spacial score (nSPS) is 17.4. The second-order valence-corrected chi connectivity index (χ2v) is 7.60. The summed E-state index contributed by atoms with van der Waals surface area (Å²) < 4.78 is 13.0. The lowest BCUT2D eigenvalue weighted by Gasteiger charge is -2.16. The Balaban J connectivity index is 1.41. The number of rotatable bonds is 6. The van der Waals surface area contributed by atoms with Gasteiger partial charge in [0.2, 0.25) is 5.91 Å². The van der Waals surface area contributed by atoms with E-state index in [2.05, 4.69) is 10.4 Å². The van der Waals surface area contributed by atoms with Crippen LogP contribution >= 0.6 is 11.3 Å². The molecular formula is C19H23FN2OS. The summed E-state index contributed by atoms with van der Waals surface area (Å²) in [6.45, 7) is 3.68. The highest BCUT2D eigenvalue weighted by Crippen LogP contribution is 2.22. The molecule has 1 aromatic heterocycles. The monoisotopic (exact) mass is 346 g/mol. The maximum atomic E-state index is 13.0. The van der Waals surface area contributed by atoms with E-state index >= 15 is 0 Å². The van der Waals surface area contributed by atoms with Crippen molar-refractivity contribution >= 4 is 17.2 Å². The molecule has 3 nitrogen and oxygen atoms in total. The Morgan fingerprint density at radius 1 is 1.38 bits per heavy atom. The summed E-state index contributed by atoms with van der Waals surface area (Å²) in [4.78, 5) is 18.8. The number of likely N-dealkylation sites (tertiary alicyclic amines) is 1. The van der Waals surface area contributed by atoms with E-state index in [1.54, 1.807) is 11.3 Å². The standard InChI is InChI=1S/C19H23FN2OS/c1-14-21-18(13-24-14)3-2-4-19(23)22-10-9-16(12-22)11-15-5-7-17(20)8-6-15/h5-8,13,16H,2-4,9-12H2,1H3/t16-/m0/s1. The van der Waals surface area contributed by atoms with Crippen LogP contribution in [0.15, 0.2) is 29.6 Å². The number of aromatic nitrogens is 1. The highest BCUT2D eigenvalue weighted by Gasteiger charge is 2.25. The number of carbonyl (C=O) groups excluding carboxylic acids is 1. The zero-order chi connectivity index (χ0) is 16.9. The van der Waals surface area contributed by atoms with Crippen molar-refractivity contribution in [3.8, 4) is 0 Å². The number of hydrogen-bond acceptors (Lipinski definition) is 3. The number of carbonyl (C=O) groups is 1. The Labute approximate surface area is 146 Å². The van der Waals surface area contributed by atoms with Crippen molar-refractivity contribution in [3.05, 3.63) is 51.7 Å². The quantitative estimate of drug-likeness (QED) is 0.792. The lowest BCUT2D eigenvalue weighted by molar-refractivity contribution is -0.130. The number of halogens is 1. The molecule has 1 aliphatic rings. The fourth-order valence-corrected chi connectivity index (χ4v) is 3.93. The molecule has 24 heavy (non-hydrogen) atoms. The lowest BCUT2D eigenvalue weighted by atomic mass is 9.99. The number of hydrogen-bond donors (Lipinski definition) is 0. The van der Waals surface area contributed by atoms with Crippen molar-refractivity contribution in [1.82, 2.24) is 9.88 Å². The summed E-state index contributed by atoms with van der Waals surface area (Å²) in [6.07, 6.45) is 4.29. The summed E-state index contributed by atoms with van der Waals surface area (Å²) in [6, 6.07) is 6.70. The van der Waals surface area contributed by atoms with Crippen LogP contribution in [0.1, 0.15) is 35.5 Å². The predicted molar refractivity (Wildman–Crippen MR) is 94.6 cm³/mol. The first-order valence-electron chi connectivity index (χ1n) is 8.53. The maximum Gasteiger partial charge on any atom is 0.222 e. The average Bonchev–Trinajstić information content (AvgIpc) is 3.19. The minimum Gasteiger partial charge on any atom is -0.342 e. The van der Waals surface area contributed by atoms with Gasteiger partial charge in [-0.1, -0.05) is 12.1 Å². The van der Waals surface area contributed by atoms with Gasteiger partial charge in [0, 0.05) is 24.9 Å². The van der Waals surface area contributed by atoms with Crippen LogP contribution < -0.4 is 0 Å². The molecule has 1 aliphatic heterocycles. The fourth-order valence-electron chi connectivity index (χ4n) is 3.28. The summed E-state index contributed by atoms with van der Waals surface area (Å²) in [7, 11) is 0. The molecular weight excluding hydrogens is 323 g/mol. The Kier molecular flexibility index (Phi) is 5.61. The minimum absolute atomic E-state index is 0.197. The van der Waals surface area contributed by atoms with Gasteiger partial charge in [-0.05, 0) is 56.2 Å². The third kappa shape index (κ3) is 4.63. The molecule has 0 aliphatic carbocycles. The largest absolute Gasteiger partial charge is 0.342 e. The molecule has 1 atom stereocenters. The van der Waals surface area contributed by atoms with Gasteiger partial charge in [-0.2, -0.15) is 0 Å². The molecule has 0 bridgehead atoms. The van der Waals surface area contributed by atoms with E-state index in [9.17, 15) is 9.18 Å². The smallest absolute Gasteiger partial charge is 0.222 e. The maximum absolute atomic E-state index is 13.0. The van der Waals surface area contributed by atoms with Gasteiger partial charge >= 0.3 is 0 Å². The van der Waals surface area contributed by atoms with Gasteiger partial charge in [-0.25, -0.2) is 9.37 Å². The SMILES string of the molecule is Cc1nc(CCCC(=O)N2CC[C@@H](Cc3ccc(F)cc3)C2)cs1. The Hall–Kier alpha value is -1.75. The number of thiazole rings is 1. The summed E-state index contributed by atoms with van der Waals surface area (Å²) >= 11 is 1.66. The van der Waals surface area contributed by atoms with Crippen molar-refractivity contribution in [3.63, 3.8) is 0 Å². The van der Waals surface area contributed by atoms with Crippen molar-refractivity contribution < 1.29 is 9.18 Å². The zero-order valence-electron chi connectivity index (χ0n) is 14.0. The molecule has 128 valence electrons. The minimum atomic E-state index is -0.197. The molecule has 0 spiro atoms. The first kappa shape index (κ1) is 17.1. The predicted octanol–water partition coefficient (Wildman–Crippen LogP) is 4.00. The van der Waals surface area contributed by atoms with Crippen LogP contribution in [-0.4, -0.2) is 28.9 Å². The second-order valence-electron chi connectivity index (χ2n) is 6.54. The van der Waals surface area contributed by atoms with Gasteiger partial charge in [-0.15, -0.1) is 11.3 Å². The third-order valence-corrected chi connectivity index (χ3v) is 5.39. The van der Waals surface area contributed by atoms with E-state index in [-0.39, 0.29) is 11.7 Å². The summed E-state index contributed by atoms with van der Waals surface area (Å²) in [5.74, 6) is 0.543. The second kappa shape index (κ2) is 7.88. The average molecular weight is 346 g/mol. The molecule has 3 rings (SSSR count). The topological polar surface area (TPSA) is 33.2 Å². The highest BCUT2D eigenvalue weighted by molar-refractivity contribution is 7.09. The Morgan fingerprint density at radius 3 is 2.88 bits per heavy atom. The summed E-state index contributed by atoms with van der Waals surface area (Å²) in [5, 5.41) is 3.16. The zero-order valence-corrected chi connectivity index (χ0v) is 14.8. The summed E-state index contributed by atoms with van der Waals surface area (Å²) in [5.41, 5.74) is 2.25. The van der Waals surface area contributed by atoms with E-state index in [0.29, 0.717) is 12.3 Å². The Morgan fingerprint density at radius 2 is 2.17 bits per heavy atom. The van der Waals surface area contributed by atoms with E-state index in [1.165, 1.54) is 12.1 Å². The molecule has 1 amide bonds. The highest BCUT2D eigenvalue weighted by atomic mass is 32.1. The van der Waals surface area contributed by atoms with Gasteiger partial charge in [-0.3, -0.25) is 4.79 Å². The van der Waals surface area contributed by atoms with Crippen molar-refractivity contribution in [2.75, 3.05) is 13.1 Å².